The maximum absolute atomic E-state index is 13.8. The first-order valence-corrected chi connectivity index (χ1v) is 9.39. The van der Waals surface area contributed by atoms with Gasteiger partial charge in [0.15, 0.2) is 0 Å². The molecule has 0 radical (unpaired) electrons. The van der Waals surface area contributed by atoms with Crippen LogP contribution in [0.25, 0.3) is 10.9 Å². The minimum Gasteiger partial charge on any atom is -0.364 e. The summed E-state index contributed by atoms with van der Waals surface area (Å²) in [6, 6.07) is 13.8. The number of carbonyl (C=O) groups excluding carboxylic acids is 1. The molecular weight excluding hydrogens is 347 g/mol. The molecule has 0 bridgehead atoms. The van der Waals surface area contributed by atoms with Gasteiger partial charge in [0.25, 0.3) is 13.3 Å². The summed E-state index contributed by atoms with van der Waals surface area (Å²) in [6.07, 6.45) is 0. The second kappa shape index (κ2) is 6.44. The van der Waals surface area contributed by atoms with Crippen LogP contribution in [-0.4, -0.2) is 17.5 Å². The Kier molecular flexibility index (Phi) is 4.50. The average Bonchev–Trinajstić information content (AvgIpc) is 2.95. The summed E-state index contributed by atoms with van der Waals surface area (Å²) in [7, 11) is -3.52. The molecule has 0 aliphatic rings. The van der Waals surface area contributed by atoms with Crippen LogP contribution < -0.4 is 16.3 Å². The molecule has 0 aliphatic heterocycles. The normalized spacial score (nSPS) is 13.8. The molecule has 3 aromatic rings. The van der Waals surface area contributed by atoms with Gasteiger partial charge in [-0.15, -0.1) is 0 Å². The molecule has 3 N–H and O–H groups in total. The lowest BCUT2D eigenvalue weighted by Crippen LogP contribution is -2.26. The van der Waals surface area contributed by atoms with Gasteiger partial charge in [-0.05, 0) is 37.3 Å². The van der Waals surface area contributed by atoms with Crippen LogP contribution in [0.4, 0.5) is 0 Å². The van der Waals surface area contributed by atoms with Gasteiger partial charge in [0.1, 0.15) is 5.69 Å². The zero-order valence-corrected chi connectivity index (χ0v) is 14.6. The van der Waals surface area contributed by atoms with Crippen LogP contribution in [0.1, 0.15) is 17.4 Å². The van der Waals surface area contributed by atoms with Gasteiger partial charge in [-0.25, -0.2) is 0 Å². The van der Waals surface area contributed by atoms with Crippen molar-refractivity contribution in [3.05, 3.63) is 59.2 Å². The number of aromatic amines is 1. The van der Waals surface area contributed by atoms with E-state index in [9.17, 15) is 9.36 Å². The number of nitrogens with one attached hydrogen (secondary N) is 1. The van der Waals surface area contributed by atoms with Crippen molar-refractivity contribution in [3.63, 3.8) is 0 Å². The number of aromatic nitrogens is 1. The monoisotopic (exact) mass is 362 g/mol. The van der Waals surface area contributed by atoms with Crippen molar-refractivity contribution >= 4 is 46.4 Å². The lowest BCUT2D eigenvalue weighted by atomic mass is 10.2. The van der Waals surface area contributed by atoms with Crippen molar-refractivity contribution in [2.24, 2.45) is 5.73 Å². The first kappa shape index (κ1) is 16.8. The largest absolute Gasteiger partial charge is 0.364 e. The topological polar surface area (TPSA) is 85.2 Å². The number of fused-ring (bicyclic) bond motifs is 1. The van der Waals surface area contributed by atoms with Crippen LogP contribution in [-0.2, 0) is 9.09 Å². The number of hydrogen-bond acceptors (Lipinski definition) is 3. The van der Waals surface area contributed by atoms with Gasteiger partial charge in [-0.1, -0.05) is 29.8 Å². The number of carbonyl (C=O) groups is 1. The van der Waals surface area contributed by atoms with Crippen molar-refractivity contribution in [1.29, 1.82) is 0 Å². The number of amides is 1. The fraction of sp³-hybridized carbons (Fsp3) is 0.118. The second-order valence-corrected chi connectivity index (χ2v) is 7.97. The number of primary amides is 1. The average molecular weight is 363 g/mol. The second-order valence-electron chi connectivity index (χ2n) is 5.21. The van der Waals surface area contributed by atoms with Gasteiger partial charge in [0, 0.05) is 21.2 Å². The van der Waals surface area contributed by atoms with Gasteiger partial charge < -0.3 is 15.2 Å². The molecular formula is C17H16ClN2O3P. The predicted octanol–water partition coefficient (Wildman–Crippen LogP) is 3.19. The van der Waals surface area contributed by atoms with E-state index in [1.807, 2.05) is 6.07 Å². The van der Waals surface area contributed by atoms with Crippen molar-refractivity contribution in [1.82, 2.24) is 4.98 Å². The van der Waals surface area contributed by atoms with Crippen molar-refractivity contribution in [2.45, 2.75) is 6.92 Å². The van der Waals surface area contributed by atoms with Crippen molar-refractivity contribution in [3.8, 4) is 0 Å². The highest BCUT2D eigenvalue weighted by atomic mass is 35.5. The third-order valence-corrected chi connectivity index (χ3v) is 6.57. The van der Waals surface area contributed by atoms with E-state index in [-0.39, 0.29) is 17.6 Å². The van der Waals surface area contributed by atoms with E-state index in [1.54, 1.807) is 49.4 Å². The Morgan fingerprint density at radius 3 is 2.58 bits per heavy atom. The molecule has 3 rings (SSSR count). The molecule has 1 atom stereocenters. The zero-order chi connectivity index (χ0) is 17.3. The number of halogens is 1. The summed E-state index contributed by atoms with van der Waals surface area (Å²) in [6.45, 7) is 1.97. The molecule has 0 fully saturated rings. The molecule has 0 spiro atoms. The van der Waals surface area contributed by atoms with E-state index < -0.39 is 13.3 Å². The number of benzene rings is 2. The van der Waals surface area contributed by atoms with Crippen LogP contribution >= 0.6 is 19.0 Å². The van der Waals surface area contributed by atoms with E-state index in [0.717, 1.165) is 0 Å². The maximum atomic E-state index is 13.8. The fourth-order valence-corrected chi connectivity index (χ4v) is 5.31. The molecule has 7 heteroatoms. The first-order chi connectivity index (χ1) is 11.5. The SMILES string of the molecule is CCOP(=O)(c1ccccc1)c1c(C(N)=O)[nH]c2ccc(Cl)cc12. The van der Waals surface area contributed by atoms with E-state index in [2.05, 4.69) is 4.98 Å². The standard InChI is InChI=1S/C17H16ClN2O3P/c1-2-23-24(22,12-6-4-3-5-7-12)16-13-10-11(18)8-9-14(13)20-15(16)17(19)21/h3-10,20H,2H2,1H3,(H2,19,21). The highest BCUT2D eigenvalue weighted by molar-refractivity contribution is 7.75. The minimum atomic E-state index is -3.52. The van der Waals surface area contributed by atoms with Crippen LogP contribution in [0.5, 0.6) is 0 Å². The van der Waals surface area contributed by atoms with E-state index in [4.69, 9.17) is 21.9 Å². The fourth-order valence-electron chi connectivity index (χ4n) is 2.71. The summed E-state index contributed by atoms with van der Waals surface area (Å²) in [5.41, 5.74) is 6.21. The molecule has 124 valence electrons. The predicted molar refractivity (Wildman–Crippen MR) is 96.8 cm³/mol. The molecule has 1 heterocycles. The van der Waals surface area contributed by atoms with E-state index >= 15 is 0 Å². The zero-order valence-electron chi connectivity index (χ0n) is 13.0. The summed E-state index contributed by atoms with van der Waals surface area (Å²) in [5.74, 6) is -0.701. The van der Waals surface area contributed by atoms with Crippen LogP contribution in [0.3, 0.4) is 0 Å². The van der Waals surface area contributed by atoms with E-state index in [0.29, 0.717) is 21.2 Å². The lowest BCUT2D eigenvalue weighted by molar-refractivity contribution is 0.0997. The molecule has 24 heavy (non-hydrogen) atoms. The summed E-state index contributed by atoms with van der Waals surface area (Å²) < 4.78 is 19.5. The molecule has 0 aliphatic carbocycles. The number of H-pyrrole nitrogens is 1. The minimum absolute atomic E-state index is 0.0768. The Morgan fingerprint density at radius 2 is 1.96 bits per heavy atom. The van der Waals surface area contributed by atoms with Gasteiger partial charge >= 0.3 is 0 Å². The van der Waals surface area contributed by atoms with Crippen LogP contribution in [0.2, 0.25) is 5.02 Å². The Hall–Kier alpha value is -2.07. The van der Waals surface area contributed by atoms with Crippen LogP contribution in [0.15, 0.2) is 48.5 Å². The Bertz CT molecular complexity index is 953. The molecule has 1 unspecified atom stereocenters. The highest BCUT2D eigenvalue weighted by Crippen LogP contribution is 2.47. The Balaban J connectivity index is 2.40. The van der Waals surface area contributed by atoms with Gasteiger partial charge in [-0.3, -0.25) is 9.36 Å². The van der Waals surface area contributed by atoms with Gasteiger partial charge in [-0.2, -0.15) is 0 Å². The molecule has 0 saturated heterocycles. The van der Waals surface area contributed by atoms with Crippen molar-refractivity contribution < 1.29 is 13.9 Å². The highest BCUT2D eigenvalue weighted by Gasteiger charge is 2.35. The third-order valence-electron chi connectivity index (χ3n) is 3.68. The lowest BCUT2D eigenvalue weighted by Gasteiger charge is -2.19. The summed E-state index contributed by atoms with van der Waals surface area (Å²) >= 11 is 6.09. The van der Waals surface area contributed by atoms with Gasteiger partial charge in [0.2, 0.25) is 0 Å². The van der Waals surface area contributed by atoms with Crippen molar-refractivity contribution in [2.75, 3.05) is 6.61 Å². The summed E-state index contributed by atoms with van der Waals surface area (Å²) in [5, 5.41) is 1.79. The number of hydrogen-bond donors (Lipinski definition) is 2. The Labute approximate surface area is 144 Å². The molecule has 1 aromatic heterocycles. The number of rotatable bonds is 5. The smallest absolute Gasteiger partial charge is 0.266 e. The molecule has 1 amide bonds. The van der Waals surface area contributed by atoms with Gasteiger partial charge in [0.05, 0.1) is 11.9 Å². The third kappa shape index (κ3) is 2.75. The first-order valence-electron chi connectivity index (χ1n) is 7.39. The number of nitrogens with two attached hydrogens (primary N) is 1. The molecule has 0 saturated carbocycles. The molecule has 5 nitrogen and oxygen atoms in total. The quantitative estimate of drug-likeness (QED) is 0.683. The summed E-state index contributed by atoms with van der Waals surface area (Å²) in [4.78, 5) is 14.9. The molecule has 2 aromatic carbocycles. The maximum Gasteiger partial charge on any atom is 0.266 e. The Morgan fingerprint density at radius 1 is 1.25 bits per heavy atom. The van der Waals surface area contributed by atoms with E-state index in [1.165, 1.54) is 0 Å². The van der Waals surface area contributed by atoms with Crippen LogP contribution in [0, 0.1) is 0 Å².